The van der Waals surface area contributed by atoms with Gasteiger partial charge in [-0.3, -0.25) is 11.3 Å². The fraction of sp³-hybridized carbons (Fsp3) is 0.167. The second-order valence-electron chi connectivity index (χ2n) is 3.80. The van der Waals surface area contributed by atoms with Crippen LogP contribution < -0.4 is 11.3 Å². The van der Waals surface area contributed by atoms with Crippen LogP contribution in [-0.2, 0) is 6.42 Å². The largest absolute Gasteiger partial charge is 0.271 e. The normalized spacial score (nSPS) is 12.7. The smallest absolute Gasteiger partial charge is 0.0701 e. The number of hydrogen-bond acceptors (Lipinski definition) is 3. The Kier molecular flexibility index (Phi) is 5.24. The highest BCUT2D eigenvalue weighted by Crippen LogP contribution is 2.29. The average molecular weight is 411 g/mol. The van der Waals surface area contributed by atoms with Crippen molar-refractivity contribution >= 4 is 54.8 Å². The molecule has 0 amide bonds. The highest BCUT2D eigenvalue weighted by molar-refractivity contribution is 9.11. The molecule has 0 aliphatic rings. The third kappa shape index (κ3) is 3.56. The molecule has 6 heteroatoms. The highest BCUT2D eigenvalue weighted by Gasteiger charge is 2.13. The molecule has 2 rings (SSSR count). The third-order valence-corrected chi connectivity index (χ3v) is 5.46. The monoisotopic (exact) mass is 408 g/mol. The quantitative estimate of drug-likeness (QED) is 0.568. The van der Waals surface area contributed by atoms with E-state index in [0.717, 1.165) is 20.2 Å². The maximum Gasteiger partial charge on any atom is 0.0701 e. The van der Waals surface area contributed by atoms with E-state index in [1.54, 1.807) is 11.3 Å². The van der Waals surface area contributed by atoms with Gasteiger partial charge in [-0.15, -0.1) is 11.3 Å². The van der Waals surface area contributed by atoms with E-state index < -0.39 is 0 Å². The van der Waals surface area contributed by atoms with Crippen LogP contribution in [0.3, 0.4) is 0 Å². The summed E-state index contributed by atoms with van der Waals surface area (Å²) in [6.45, 7) is 0. The highest BCUT2D eigenvalue weighted by atomic mass is 79.9. The third-order valence-electron chi connectivity index (χ3n) is 2.58. The number of hydrazine groups is 1. The van der Waals surface area contributed by atoms with Gasteiger partial charge in [0.2, 0.25) is 0 Å². The molecule has 96 valence electrons. The summed E-state index contributed by atoms with van der Waals surface area (Å²) in [5.74, 6) is 5.64. The molecule has 0 radical (unpaired) electrons. The van der Waals surface area contributed by atoms with Gasteiger partial charge in [-0.05, 0) is 61.7 Å². The number of thiophene rings is 1. The molecule has 1 unspecified atom stereocenters. The number of rotatable bonds is 4. The van der Waals surface area contributed by atoms with Crippen LogP contribution in [0.1, 0.15) is 16.5 Å². The topological polar surface area (TPSA) is 38.0 Å². The van der Waals surface area contributed by atoms with E-state index >= 15 is 0 Å². The molecular formula is C12H11Br2ClN2S. The molecule has 3 N–H and O–H groups in total. The van der Waals surface area contributed by atoms with Crippen LogP contribution in [0.2, 0.25) is 5.02 Å². The van der Waals surface area contributed by atoms with Gasteiger partial charge in [0.1, 0.15) is 0 Å². The Bertz CT molecular complexity index is 545. The average Bonchev–Trinajstić information content (AvgIpc) is 2.75. The lowest BCUT2D eigenvalue weighted by Crippen LogP contribution is -2.29. The minimum absolute atomic E-state index is 0.0566. The first kappa shape index (κ1) is 14.5. The van der Waals surface area contributed by atoms with Crippen molar-refractivity contribution in [3.63, 3.8) is 0 Å². The summed E-state index contributed by atoms with van der Waals surface area (Å²) in [6, 6.07) is 10.1. The molecule has 0 spiro atoms. The second-order valence-corrected chi connectivity index (χ2v) is 7.61. The van der Waals surface area contributed by atoms with Gasteiger partial charge in [-0.1, -0.05) is 17.7 Å². The van der Waals surface area contributed by atoms with Crippen LogP contribution in [0.25, 0.3) is 0 Å². The number of hydrogen-bond donors (Lipinski definition) is 2. The summed E-state index contributed by atoms with van der Waals surface area (Å²) in [4.78, 5) is 1.27. The van der Waals surface area contributed by atoms with E-state index in [9.17, 15) is 0 Å². The molecular weight excluding hydrogens is 399 g/mol. The lowest BCUT2D eigenvalue weighted by atomic mass is 10.0. The summed E-state index contributed by atoms with van der Waals surface area (Å²) in [7, 11) is 0. The van der Waals surface area contributed by atoms with Crippen molar-refractivity contribution < 1.29 is 0 Å². The standard InChI is InChI=1S/C12H11Br2ClN2S/c13-9-3-1-7(5-10(9)15)11(17-16)6-8-2-4-12(14)18-8/h1-5,11,17H,6,16H2. The van der Waals surface area contributed by atoms with Gasteiger partial charge in [-0.25, -0.2) is 0 Å². The molecule has 1 atom stereocenters. The van der Waals surface area contributed by atoms with Crippen molar-refractivity contribution in [2.24, 2.45) is 5.84 Å². The van der Waals surface area contributed by atoms with Crippen molar-refractivity contribution in [1.82, 2.24) is 5.43 Å². The first-order valence-corrected chi connectivity index (χ1v) is 8.03. The summed E-state index contributed by atoms with van der Waals surface area (Å²) in [5, 5.41) is 0.695. The molecule has 0 aliphatic carbocycles. The zero-order valence-electron chi connectivity index (χ0n) is 9.29. The lowest BCUT2D eigenvalue weighted by Gasteiger charge is -2.16. The van der Waals surface area contributed by atoms with Gasteiger partial charge in [-0.2, -0.15) is 0 Å². The maximum absolute atomic E-state index is 6.10. The molecule has 18 heavy (non-hydrogen) atoms. The Labute approximate surface area is 132 Å². The SMILES string of the molecule is NNC(Cc1ccc(Br)s1)c1ccc(Br)c(Cl)c1. The Morgan fingerprint density at radius 3 is 2.61 bits per heavy atom. The van der Waals surface area contributed by atoms with Crippen LogP contribution in [0.15, 0.2) is 38.6 Å². The number of nitrogens with two attached hydrogens (primary N) is 1. The summed E-state index contributed by atoms with van der Waals surface area (Å²) in [5.41, 5.74) is 3.92. The van der Waals surface area contributed by atoms with Crippen LogP contribution in [0, 0.1) is 0 Å². The van der Waals surface area contributed by atoms with Crippen LogP contribution >= 0.6 is 54.8 Å². The van der Waals surface area contributed by atoms with Crippen molar-refractivity contribution in [2.75, 3.05) is 0 Å². The van der Waals surface area contributed by atoms with Gasteiger partial charge in [0, 0.05) is 15.8 Å². The number of benzene rings is 1. The first-order valence-electron chi connectivity index (χ1n) is 5.25. The van der Waals surface area contributed by atoms with Gasteiger partial charge < -0.3 is 0 Å². The van der Waals surface area contributed by atoms with Gasteiger partial charge >= 0.3 is 0 Å². The van der Waals surface area contributed by atoms with Gasteiger partial charge in [0.05, 0.1) is 14.9 Å². The molecule has 0 saturated carbocycles. The molecule has 0 saturated heterocycles. The Balaban J connectivity index is 2.19. The minimum Gasteiger partial charge on any atom is -0.271 e. The summed E-state index contributed by atoms with van der Waals surface area (Å²) in [6.07, 6.45) is 0.838. The maximum atomic E-state index is 6.10. The molecule has 1 aromatic carbocycles. The van der Waals surface area contributed by atoms with Crippen molar-refractivity contribution in [3.8, 4) is 0 Å². The first-order chi connectivity index (χ1) is 8.60. The minimum atomic E-state index is 0.0566. The summed E-state index contributed by atoms with van der Waals surface area (Å²) < 4.78 is 2.02. The molecule has 2 aromatic rings. The van der Waals surface area contributed by atoms with E-state index in [0.29, 0.717) is 5.02 Å². The molecule has 0 bridgehead atoms. The fourth-order valence-electron chi connectivity index (χ4n) is 1.66. The van der Waals surface area contributed by atoms with Crippen LogP contribution in [0.5, 0.6) is 0 Å². The Morgan fingerprint density at radius 1 is 1.28 bits per heavy atom. The zero-order chi connectivity index (χ0) is 13.1. The molecule has 0 fully saturated rings. The molecule has 1 aromatic heterocycles. The van der Waals surface area contributed by atoms with Crippen molar-refractivity contribution in [1.29, 1.82) is 0 Å². The predicted molar refractivity (Wildman–Crippen MR) is 84.9 cm³/mol. The second kappa shape index (κ2) is 6.50. The van der Waals surface area contributed by atoms with E-state index in [4.69, 9.17) is 17.4 Å². The van der Waals surface area contributed by atoms with E-state index in [2.05, 4.69) is 43.4 Å². The van der Waals surface area contributed by atoms with Gasteiger partial charge in [0.15, 0.2) is 0 Å². The fourth-order valence-corrected chi connectivity index (χ4v) is 3.63. The summed E-state index contributed by atoms with van der Waals surface area (Å²) >= 11 is 14.7. The number of nitrogens with one attached hydrogen (secondary N) is 1. The Morgan fingerprint density at radius 2 is 2.06 bits per heavy atom. The van der Waals surface area contributed by atoms with Crippen LogP contribution in [-0.4, -0.2) is 0 Å². The number of halogens is 3. The molecule has 1 heterocycles. The van der Waals surface area contributed by atoms with Crippen molar-refractivity contribution in [2.45, 2.75) is 12.5 Å². The van der Waals surface area contributed by atoms with Crippen LogP contribution in [0.4, 0.5) is 0 Å². The van der Waals surface area contributed by atoms with E-state index in [-0.39, 0.29) is 6.04 Å². The van der Waals surface area contributed by atoms with Crippen molar-refractivity contribution in [3.05, 3.63) is 54.1 Å². The zero-order valence-corrected chi connectivity index (χ0v) is 14.0. The molecule has 2 nitrogen and oxygen atoms in total. The van der Waals surface area contributed by atoms with E-state index in [1.807, 2.05) is 24.3 Å². The molecule has 0 aliphatic heterocycles. The van der Waals surface area contributed by atoms with Gasteiger partial charge in [0.25, 0.3) is 0 Å². The Hall–Kier alpha value is 0.0900. The van der Waals surface area contributed by atoms with E-state index in [1.165, 1.54) is 4.88 Å². The predicted octanol–water partition coefficient (Wildman–Crippen LogP) is 4.67. The lowest BCUT2D eigenvalue weighted by molar-refractivity contribution is 0.555.